The van der Waals surface area contributed by atoms with Crippen LogP contribution in [-0.4, -0.2) is 28.2 Å². The van der Waals surface area contributed by atoms with E-state index in [0.29, 0.717) is 17.9 Å². The summed E-state index contributed by atoms with van der Waals surface area (Å²) in [5.41, 5.74) is 0.696. The largest absolute Gasteiger partial charge is 0.465 e. The molecule has 6 nitrogen and oxygen atoms in total. The van der Waals surface area contributed by atoms with Crippen LogP contribution in [0.25, 0.3) is 0 Å². The van der Waals surface area contributed by atoms with Gasteiger partial charge in [-0.1, -0.05) is 29.0 Å². The van der Waals surface area contributed by atoms with Crippen LogP contribution in [0.1, 0.15) is 5.56 Å². The summed E-state index contributed by atoms with van der Waals surface area (Å²) in [6, 6.07) is 11.6. The minimum Gasteiger partial charge on any atom is -0.465 e. The fraction of sp³-hybridized carbons (Fsp3) is 0.200. The zero-order valence-electron chi connectivity index (χ0n) is 12.1. The third kappa shape index (κ3) is 6.29. The highest BCUT2D eigenvalue weighted by atomic mass is 33.1. The number of benzene rings is 1. The van der Waals surface area contributed by atoms with Crippen molar-refractivity contribution in [2.75, 3.05) is 12.4 Å². The van der Waals surface area contributed by atoms with E-state index in [9.17, 15) is 14.9 Å². The smallest absolute Gasteiger partial charge is 0.310 e. The second-order valence-electron chi connectivity index (χ2n) is 4.39. The van der Waals surface area contributed by atoms with Crippen LogP contribution in [0.4, 0.5) is 5.69 Å². The average Bonchev–Trinajstić information content (AvgIpc) is 2.56. The Kier molecular flexibility index (Phi) is 6.89. The molecule has 0 spiro atoms. The highest BCUT2D eigenvalue weighted by Gasteiger charge is 2.08. The van der Waals surface area contributed by atoms with Gasteiger partial charge in [-0.2, -0.15) is 0 Å². The maximum absolute atomic E-state index is 11.7. The number of ether oxygens (including phenoxy) is 1. The Balaban J connectivity index is 1.64. The Bertz CT molecular complexity index is 650. The van der Waals surface area contributed by atoms with E-state index in [-0.39, 0.29) is 18.1 Å². The summed E-state index contributed by atoms with van der Waals surface area (Å²) in [7, 11) is 3.09. The molecule has 0 fully saturated rings. The molecule has 0 unspecified atom stereocenters. The van der Waals surface area contributed by atoms with Crippen molar-refractivity contribution >= 4 is 33.2 Å². The Labute approximate surface area is 141 Å². The van der Waals surface area contributed by atoms with Gasteiger partial charge in [0.1, 0.15) is 11.6 Å². The van der Waals surface area contributed by atoms with Crippen LogP contribution in [0.3, 0.4) is 0 Å². The summed E-state index contributed by atoms with van der Waals surface area (Å²) < 4.78 is 5.13. The molecule has 0 saturated heterocycles. The first kappa shape index (κ1) is 17.3. The molecule has 0 aliphatic carbocycles. The van der Waals surface area contributed by atoms with Gasteiger partial charge in [0.2, 0.25) is 0 Å². The van der Waals surface area contributed by atoms with Gasteiger partial charge in [-0.15, -0.1) is 0 Å². The number of non-ortho nitro benzene ring substituents is 1. The summed E-state index contributed by atoms with van der Waals surface area (Å²) in [5, 5.41) is 11.5. The Morgan fingerprint density at radius 2 is 2.00 bits per heavy atom. The van der Waals surface area contributed by atoms with E-state index in [0.717, 1.165) is 5.03 Å². The second-order valence-corrected chi connectivity index (χ2v) is 6.83. The molecule has 2 aromatic rings. The first-order valence-electron chi connectivity index (χ1n) is 6.74. The minimum atomic E-state index is -0.474. The van der Waals surface area contributed by atoms with E-state index in [1.54, 1.807) is 29.1 Å². The molecule has 0 N–H and O–H groups in total. The average molecular weight is 350 g/mol. The van der Waals surface area contributed by atoms with E-state index in [2.05, 4.69) is 4.98 Å². The van der Waals surface area contributed by atoms with Crippen LogP contribution in [0, 0.1) is 10.1 Å². The fourth-order valence-corrected chi connectivity index (χ4v) is 3.35. The number of carbonyl (C=O) groups is 1. The van der Waals surface area contributed by atoms with Crippen molar-refractivity contribution in [2.24, 2.45) is 0 Å². The van der Waals surface area contributed by atoms with E-state index < -0.39 is 4.92 Å². The van der Waals surface area contributed by atoms with Crippen molar-refractivity contribution in [3.8, 4) is 0 Å². The van der Waals surface area contributed by atoms with Gasteiger partial charge >= 0.3 is 5.97 Å². The molecule has 1 aromatic heterocycles. The number of hydrogen-bond donors (Lipinski definition) is 0. The standard InChI is InChI=1S/C15H14N2O4S2/c18-15(11-12-4-6-13(7-5-12)17(19)20)21-9-10-22-23-14-3-1-2-8-16-14/h1-8H,9-11H2. The number of nitro benzene ring substituents is 1. The van der Waals surface area contributed by atoms with Crippen molar-refractivity contribution in [1.29, 1.82) is 0 Å². The maximum atomic E-state index is 11.7. The number of hydrogen-bond acceptors (Lipinski definition) is 7. The van der Waals surface area contributed by atoms with Gasteiger partial charge in [0, 0.05) is 24.1 Å². The molecule has 0 bridgehead atoms. The van der Waals surface area contributed by atoms with Gasteiger partial charge in [-0.3, -0.25) is 14.9 Å². The second kappa shape index (κ2) is 9.16. The van der Waals surface area contributed by atoms with E-state index in [1.165, 1.54) is 22.9 Å². The molecule has 1 heterocycles. The predicted molar refractivity (Wildman–Crippen MR) is 90.3 cm³/mol. The van der Waals surface area contributed by atoms with Gasteiger partial charge in [-0.25, -0.2) is 4.98 Å². The van der Waals surface area contributed by atoms with Crippen molar-refractivity contribution in [1.82, 2.24) is 4.98 Å². The number of carbonyl (C=O) groups excluding carboxylic acids is 1. The monoisotopic (exact) mass is 350 g/mol. The lowest BCUT2D eigenvalue weighted by Gasteiger charge is -2.04. The van der Waals surface area contributed by atoms with Crippen molar-refractivity contribution < 1.29 is 14.5 Å². The molecular weight excluding hydrogens is 336 g/mol. The summed E-state index contributed by atoms with van der Waals surface area (Å²) >= 11 is 0. The number of esters is 1. The van der Waals surface area contributed by atoms with Crippen LogP contribution < -0.4 is 0 Å². The lowest BCUT2D eigenvalue weighted by Crippen LogP contribution is -2.10. The zero-order valence-corrected chi connectivity index (χ0v) is 13.7. The lowest BCUT2D eigenvalue weighted by molar-refractivity contribution is -0.384. The van der Waals surface area contributed by atoms with E-state index in [1.807, 2.05) is 18.2 Å². The molecule has 0 saturated carbocycles. The number of pyridine rings is 1. The molecular formula is C15H14N2O4S2. The summed E-state index contributed by atoms with van der Waals surface area (Å²) in [4.78, 5) is 25.9. The number of nitrogens with zero attached hydrogens (tertiary/aromatic N) is 2. The van der Waals surface area contributed by atoms with Crippen LogP contribution >= 0.6 is 21.6 Å². The normalized spacial score (nSPS) is 10.3. The molecule has 0 aliphatic heterocycles. The molecule has 23 heavy (non-hydrogen) atoms. The third-order valence-electron chi connectivity index (χ3n) is 2.71. The quantitative estimate of drug-likeness (QED) is 0.237. The molecule has 2 rings (SSSR count). The van der Waals surface area contributed by atoms with Gasteiger partial charge < -0.3 is 4.74 Å². The first-order valence-corrected chi connectivity index (χ1v) is 9.06. The Morgan fingerprint density at radius 3 is 2.65 bits per heavy atom. The van der Waals surface area contributed by atoms with Crippen LogP contribution in [0.5, 0.6) is 0 Å². The molecule has 8 heteroatoms. The summed E-state index contributed by atoms with van der Waals surface area (Å²) in [5.74, 6) is 0.315. The van der Waals surface area contributed by atoms with Crippen LogP contribution in [0.15, 0.2) is 53.7 Å². The number of nitro groups is 1. The molecule has 0 atom stereocenters. The zero-order chi connectivity index (χ0) is 16.5. The van der Waals surface area contributed by atoms with Crippen molar-refractivity contribution in [3.63, 3.8) is 0 Å². The summed E-state index contributed by atoms with van der Waals surface area (Å²) in [6.07, 6.45) is 1.84. The first-order chi connectivity index (χ1) is 11.1. The molecule has 0 radical (unpaired) electrons. The highest BCUT2D eigenvalue weighted by Crippen LogP contribution is 2.28. The van der Waals surface area contributed by atoms with Gasteiger partial charge in [0.05, 0.1) is 11.3 Å². The molecule has 120 valence electrons. The van der Waals surface area contributed by atoms with E-state index in [4.69, 9.17) is 4.74 Å². The van der Waals surface area contributed by atoms with Gasteiger partial charge in [0.15, 0.2) is 0 Å². The van der Waals surface area contributed by atoms with Crippen molar-refractivity contribution in [2.45, 2.75) is 11.4 Å². The SMILES string of the molecule is O=C(Cc1ccc([N+](=O)[O-])cc1)OCCSSc1ccccn1. The molecule has 1 aromatic carbocycles. The fourth-order valence-electron chi connectivity index (χ4n) is 1.64. The van der Waals surface area contributed by atoms with Crippen molar-refractivity contribution in [3.05, 3.63) is 64.3 Å². The maximum Gasteiger partial charge on any atom is 0.310 e. The molecule has 0 aliphatic rings. The van der Waals surface area contributed by atoms with Gasteiger partial charge in [-0.05, 0) is 28.5 Å². The van der Waals surface area contributed by atoms with E-state index >= 15 is 0 Å². The van der Waals surface area contributed by atoms with Gasteiger partial charge in [0.25, 0.3) is 5.69 Å². The van der Waals surface area contributed by atoms with Crippen LogP contribution in [-0.2, 0) is 16.0 Å². The minimum absolute atomic E-state index is 0.00469. The summed E-state index contributed by atoms with van der Waals surface area (Å²) in [6.45, 7) is 0.316. The highest BCUT2D eigenvalue weighted by molar-refractivity contribution is 8.76. The Morgan fingerprint density at radius 1 is 1.22 bits per heavy atom. The molecule has 0 amide bonds. The number of rotatable bonds is 8. The predicted octanol–water partition coefficient (Wildman–Crippen LogP) is 3.52. The Hall–Kier alpha value is -2.06. The number of aromatic nitrogens is 1. The topological polar surface area (TPSA) is 82.3 Å². The lowest BCUT2D eigenvalue weighted by atomic mass is 10.1. The third-order valence-corrected chi connectivity index (χ3v) is 4.94. The van der Waals surface area contributed by atoms with Crippen LogP contribution in [0.2, 0.25) is 0 Å².